The fraction of sp³-hybridized carbons (Fsp3) is 0.238. The Kier molecular flexibility index (Phi) is 4.84. The summed E-state index contributed by atoms with van der Waals surface area (Å²) in [5.41, 5.74) is 7.98. The maximum atomic E-state index is 13.1. The maximum absolute atomic E-state index is 13.1. The van der Waals surface area contributed by atoms with E-state index in [-0.39, 0.29) is 12.2 Å². The molecule has 7 nitrogen and oxygen atoms in total. The molecule has 2 heterocycles. The summed E-state index contributed by atoms with van der Waals surface area (Å²) in [5.74, 6) is -0.456. The zero-order chi connectivity index (χ0) is 20.5. The van der Waals surface area contributed by atoms with Gasteiger partial charge in [0.05, 0.1) is 5.92 Å². The first-order valence-electron chi connectivity index (χ1n) is 9.25. The smallest absolute Gasteiger partial charge is 0.409 e. The van der Waals surface area contributed by atoms with Gasteiger partial charge in [-0.3, -0.25) is 9.78 Å². The number of carbonyl (C=O) groups is 2. The standard InChI is InChI=1S/C21H19FN4O3/c1-2-11-3-4-24-9-15(11)12-5-13-7-19(26-20(27)14-8-17(14)22)25-10-16(13)18(6-12)29-21(23)28/h3-7,9-10,14,17H,2,8H2,1H3,(H2,23,28)(H,25,26,27)/t14-,17+/m1/s1. The molecular formula is C21H19FN4O3. The Hall–Kier alpha value is -3.55. The number of rotatable bonds is 5. The van der Waals surface area contributed by atoms with Crippen LogP contribution in [0.5, 0.6) is 5.75 Å². The van der Waals surface area contributed by atoms with E-state index < -0.39 is 24.1 Å². The van der Waals surface area contributed by atoms with Crippen molar-refractivity contribution < 1.29 is 18.7 Å². The molecule has 4 rings (SSSR count). The van der Waals surface area contributed by atoms with Crippen molar-refractivity contribution in [3.8, 4) is 16.9 Å². The van der Waals surface area contributed by atoms with Crippen molar-refractivity contribution in [1.82, 2.24) is 9.97 Å². The lowest BCUT2D eigenvalue weighted by Gasteiger charge is -2.13. The molecule has 8 heteroatoms. The molecule has 2 aromatic heterocycles. The number of fused-ring (bicyclic) bond motifs is 1. The molecule has 0 aliphatic heterocycles. The van der Waals surface area contributed by atoms with Crippen LogP contribution >= 0.6 is 0 Å². The number of aromatic nitrogens is 2. The number of anilines is 1. The largest absolute Gasteiger partial charge is 0.410 e. The highest BCUT2D eigenvalue weighted by Crippen LogP contribution is 2.36. The lowest BCUT2D eigenvalue weighted by atomic mass is 9.97. The SMILES string of the molecule is CCc1ccncc1-c1cc(OC(N)=O)c2cnc(NC(=O)[C@@H]3C[C@@H]3F)cc2c1. The van der Waals surface area contributed by atoms with E-state index in [1.165, 1.54) is 6.20 Å². The van der Waals surface area contributed by atoms with Crippen molar-refractivity contribution in [2.75, 3.05) is 5.32 Å². The number of nitrogens with one attached hydrogen (secondary N) is 1. The van der Waals surface area contributed by atoms with Crippen LogP contribution in [0.3, 0.4) is 0 Å². The molecule has 1 fully saturated rings. The van der Waals surface area contributed by atoms with Crippen LogP contribution in [-0.4, -0.2) is 28.1 Å². The van der Waals surface area contributed by atoms with E-state index in [1.54, 1.807) is 24.5 Å². The van der Waals surface area contributed by atoms with Crippen LogP contribution in [0, 0.1) is 5.92 Å². The van der Waals surface area contributed by atoms with E-state index in [2.05, 4.69) is 15.3 Å². The van der Waals surface area contributed by atoms with E-state index in [0.29, 0.717) is 16.6 Å². The molecule has 1 aliphatic carbocycles. The molecule has 1 aliphatic rings. The first-order chi connectivity index (χ1) is 14.0. The van der Waals surface area contributed by atoms with Gasteiger partial charge in [-0.2, -0.15) is 0 Å². The third kappa shape index (κ3) is 3.87. The minimum Gasteiger partial charge on any atom is -0.410 e. The Labute approximate surface area is 166 Å². The number of primary amides is 1. The number of hydrogen-bond donors (Lipinski definition) is 2. The van der Waals surface area contributed by atoms with E-state index in [1.807, 2.05) is 19.1 Å². The van der Waals surface area contributed by atoms with E-state index in [4.69, 9.17) is 10.5 Å². The van der Waals surface area contributed by atoms with Gasteiger partial charge in [-0.15, -0.1) is 0 Å². The Bertz CT molecular complexity index is 1120. The van der Waals surface area contributed by atoms with Gasteiger partial charge in [0.25, 0.3) is 0 Å². The van der Waals surface area contributed by atoms with E-state index >= 15 is 0 Å². The van der Waals surface area contributed by atoms with Gasteiger partial charge in [0, 0.05) is 29.5 Å². The number of carbonyl (C=O) groups excluding carboxylic acids is 2. The normalized spacial score (nSPS) is 17.7. The zero-order valence-electron chi connectivity index (χ0n) is 15.7. The molecule has 0 spiro atoms. The Morgan fingerprint density at radius 3 is 2.79 bits per heavy atom. The number of nitrogens with zero attached hydrogens (tertiary/aromatic N) is 2. The highest BCUT2D eigenvalue weighted by atomic mass is 19.1. The summed E-state index contributed by atoms with van der Waals surface area (Å²) in [5, 5.41) is 3.87. The van der Waals surface area contributed by atoms with Crippen molar-refractivity contribution in [1.29, 1.82) is 0 Å². The molecule has 2 amide bonds. The lowest BCUT2D eigenvalue weighted by Crippen LogP contribution is -2.17. The zero-order valence-corrected chi connectivity index (χ0v) is 15.7. The number of nitrogens with two attached hydrogens (primary N) is 1. The Balaban J connectivity index is 1.79. The minimum atomic E-state index is -1.09. The predicted octanol–water partition coefficient (Wildman–Crippen LogP) is 3.61. The van der Waals surface area contributed by atoms with Crippen LogP contribution in [0.4, 0.5) is 15.0 Å². The molecule has 1 aromatic carbocycles. The second kappa shape index (κ2) is 7.46. The molecule has 0 saturated heterocycles. The van der Waals surface area contributed by atoms with Crippen molar-refractivity contribution in [2.24, 2.45) is 11.7 Å². The number of aryl methyl sites for hydroxylation is 1. The summed E-state index contributed by atoms with van der Waals surface area (Å²) in [6, 6.07) is 7.18. The summed E-state index contributed by atoms with van der Waals surface area (Å²) < 4.78 is 18.3. The molecule has 0 bridgehead atoms. The van der Waals surface area contributed by atoms with Gasteiger partial charge in [0.2, 0.25) is 5.91 Å². The Morgan fingerprint density at radius 1 is 1.31 bits per heavy atom. The van der Waals surface area contributed by atoms with Crippen LogP contribution < -0.4 is 15.8 Å². The highest BCUT2D eigenvalue weighted by Gasteiger charge is 2.43. The van der Waals surface area contributed by atoms with Crippen LogP contribution in [0.25, 0.3) is 21.9 Å². The van der Waals surface area contributed by atoms with Gasteiger partial charge >= 0.3 is 6.09 Å². The molecular weight excluding hydrogens is 375 g/mol. The van der Waals surface area contributed by atoms with E-state index in [9.17, 15) is 14.0 Å². The second-order valence-electron chi connectivity index (χ2n) is 6.92. The number of halogens is 1. The highest BCUT2D eigenvalue weighted by molar-refractivity contribution is 5.98. The second-order valence-corrected chi connectivity index (χ2v) is 6.92. The van der Waals surface area contributed by atoms with Gasteiger partial charge < -0.3 is 15.8 Å². The quantitative estimate of drug-likeness (QED) is 0.687. The van der Waals surface area contributed by atoms with Crippen LogP contribution in [-0.2, 0) is 11.2 Å². The molecule has 1 saturated carbocycles. The Morgan fingerprint density at radius 2 is 2.10 bits per heavy atom. The van der Waals surface area contributed by atoms with Gasteiger partial charge in [0.15, 0.2) is 0 Å². The van der Waals surface area contributed by atoms with Crippen LogP contribution in [0.15, 0.2) is 42.9 Å². The van der Waals surface area contributed by atoms with E-state index in [0.717, 1.165) is 23.1 Å². The number of benzene rings is 1. The first-order valence-corrected chi connectivity index (χ1v) is 9.25. The predicted molar refractivity (Wildman–Crippen MR) is 106 cm³/mol. The molecule has 3 aromatic rings. The van der Waals surface area contributed by atoms with Crippen molar-refractivity contribution in [2.45, 2.75) is 25.9 Å². The minimum absolute atomic E-state index is 0.237. The maximum Gasteiger partial charge on any atom is 0.409 e. The van der Waals surface area contributed by atoms with Crippen molar-refractivity contribution in [3.63, 3.8) is 0 Å². The van der Waals surface area contributed by atoms with Crippen molar-refractivity contribution in [3.05, 3.63) is 48.4 Å². The van der Waals surface area contributed by atoms with Crippen LogP contribution in [0.2, 0.25) is 0 Å². The third-order valence-corrected chi connectivity index (χ3v) is 4.91. The van der Waals surface area contributed by atoms with Gasteiger partial charge in [-0.1, -0.05) is 6.92 Å². The van der Waals surface area contributed by atoms with Crippen LogP contribution in [0.1, 0.15) is 18.9 Å². The molecule has 0 unspecified atom stereocenters. The topological polar surface area (TPSA) is 107 Å². The summed E-state index contributed by atoms with van der Waals surface area (Å²) in [6.07, 6.45) is 3.95. The number of alkyl halides is 1. The van der Waals surface area contributed by atoms with Gasteiger partial charge in [0.1, 0.15) is 17.7 Å². The summed E-state index contributed by atoms with van der Waals surface area (Å²) in [7, 11) is 0. The fourth-order valence-electron chi connectivity index (χ4n) is 3.29. The fourth-order valence-corrected chi connectivity index (χ4v) is 3.29. The molecule has 2 atom stereocenters. The van der Waals surface area contributed by atoms with Gasteiger partial charge in [-0.05, 0) is 53.6 Å². The van der Waals surface area contributed by atoms with Crippen molar-refractivity contribution >= 4 is 28.6 Å². The monoisotopic (exact) mass is 394 g/mol. The molecule has 148 valence electrons. The molecule has 0 radical (unpaired) electrons. The summed E-state index contributed by atoms with van der Waals surface area (Å²) in [6.45, 7) is 2.04. The average Bonchev–Trinajstić information content (AvgIpc) is 3.44. The van der Waals surface area contributed by atoms with Gasteiger partial charge in [-0.25, -0.2) is 14.2 Å². The average molecular weight is 394 g/mol. The number of hydrogen-bond acceptors (Lipinski definition) is 5. The number of ether oxygens (including phenoxy) is 1. The third-order valence-electron chi connectivity index (χ3n) is 4.91. The number of amides is 2. The lowest BCUT2D eigenvalue weighted by molar-refractivity contribution is -0.117. The molecule has 29 heavy (non-hydrogen) atoms. The first kappa shape index (κ1) is 18.8. The summed E-state index contributed by atoms with van der Waals surface area (Å²) in [4.78, 5) is 31.8. The summed E-state index contributed by atoms with van der Waals surface area (Å²) >= 11 is 0. The molecule has 3 N–H and O–H groups in total. The number of pyridine rings is 2.